The second-order valence-corrected chi connectivity index (χ2v) is 3.97. The van der Waals surface area contributed by atoms with Gasteiger partial charge in [0.05, 0.1) is 0 Å². The molecule has 0 aliphatic carbocycles. The van der Waals surface area contributed by atoms with Gasteiger partial charge in [-0.05, 0) is 5.52 Å². The van der Waals surface area contributed by atoms with E-state index < -0.39 is 0 Å². The Morgan fingerprint density at radius 2 is 1.65 bits per heavy atom. The van der Waals surface area contributed by atoms with Crippen LogP contribution in [0.25, 0.3) is 27.3 Å². The van der Waals surface area contributed by atoms with Crippen LogP contribution < -0.4 is 0 Å². The molecule has 2 aromatic heterocycles. The molecule has 2 aromatic carbocycles. The summed E-state index contributed by atoms with van der Waals surface area (Å²) in [6, 6.07) is 17.5. The SMILES string of the molecule is [CH3-].[Ir].[Y].[c-]1cccc2c3ccccc3c3ncnn3c12. The van der Waals surface area contributed by atoms with E-state index in [0.717, 1.165) is 21.9 Å². The smallest absolute Gasteiger partial charge is 0.160 e. The standard InChI is InChI=1S/C14H8N3.CH3.Ir.Y/c1-2-7-12-10(5-1)11-6-3-4-8-13(11)17-14(12)15-9-16-17;;;/h1-7,9H;1H3;;/q2*-1;;. The normalized spacial score (nSPS) is 9.80. The van der Waals surface area contributed by atoms with E-state index in [1.165, 1.54) is 5.39 Å². The van der Waals surface area contributed by atoms with Crippen LogP contribution in [-0.4, -0.2) is 14.6 Å². The first-order chi connectivity index (χ1) is 8.45. The molecule has 100 valence electrons. The molecule has 20 heavy (non-hydrogen) atoms. The molecule has 0 saturated heterocycles. The minimum Gasteiger partial charge on any atom is -0.358 e. The van der Waals surface area contributed by atoms with Gasteiger partial charge in [-0.3, -0.25) is 0 Å². The zero-order valence-corrected chi connectivity index (χ0v) is 16.1. The van der Waals surface area contributed by atoms with E-state index in [2.05, 4.69) is 34.3 Å². The van der Waals surface area contributed by atoms with Gasteiger partial charge in [-0.2, -0.15) is 29.4 Å². The Morgan fingerprint density at radius 3 is 2.45 bits per heavy atom. The van der Waals surface area contributed by atoms with Gasteiger partial charge in [-0.15, -0.1) is 5.39 Å². The van der Waals surface area contributed by atoms with Gasteiger partial charge in [-0.1, -0.05) is 29.7 Å². The van der Waals surface area contributed by atoms with Crippen LogP contribution in [0, 0.1) is 13.5 Å². The van der Waals surface area contributed by atoms with Gasteiger partial charge < -0.3 is 7.43 Å². The molecule has 2 heterocycles. The number of pyridine rings is 1. The molecule has 2 radical (unpaired) electrons. The van der Waals surface area contributed by atoms with E-state index in [-0.39, 0.29) is 60.2 Å². The summed E-state index contributed by atoms with van der Waals surface area (Å²) in [5, 5.41) is 7.74. The third kappa shape index (κ3) is 2.46. The number of rotatable bonds is 0. The summed E-state index contributed by atoms with van der Waals surface area (Å²) in [5.74, 6) is 0. The summed E-state index contributed by atoms with van der Waals surface area (Å²) in [4.78, 5) is 4.33. The fourth-order valence-corrected chi connectivity index (χ4v) is 2.32. The third-order valence-corrected chi connectivity index (χ3v) is 3.05. The van der Waals surface area contributed by atoms with Crippen molar-refractivity contribution in [2.45, 2.75) is 0 Å². The molecule has 0 unspecified atom stereocenters. The van der Waals surface area contributed by atoms with Crippen molar-refractivity contribution < 1.29 is 52.8 Å². The molecule has 0 bridgehead atoms. The Morgan fingerprint density at radius 1 is 0.950 bits per heavy atom. The molecular formula is C15H11IrN3Y-2. The topological polar surface area (TPSA) is 30.2 Å². The van der Waals surface area contributed by atoms with Gasteiger partial charge in [0, 0.05) is 58.2 Å². The molecule has 0 amide bonds. The number of benzene rings is 2. The average molecular weight is 514 g/mol. The number of aromatic nitrogens is 3. The molecular weight excluding hydrogens is 503 g/mol. The Labute approximate surface area is 156 Å². The van der Waals surface area contributed by atoms with Crippen LogP contribution in [0.2, 0.25) is 0 Å². The molecule has 0 N–H and O–H groups in total. The maximum atomic E-state index is 4.33. The maximum absolute atomic E-state index is 4.33. The minimum atomic E-state index is 0. The van der Waals surface area contributed by atoms with Gasteiger partial charge >= 0.3 is 0 Å². The van der Waals surface area contributed by atoms with E-state index in [1.807, 2.05) is 28.8 Å². The first-order valence-corrected chi connectivity index (χ1v) is 5.46. The second-order valence-electron chi connectivity index (χ2n) is 3.97. The van der Waals surface area contributed by atoms with Gasteiger partial charge in [0.15, 0.2) is 5.65 Å². The Balaban J connectivity index is 0.000000667. The number of nitrogens with zero attached hydrogens (tertiary/aromatic N) is 3. The Bertz CT molecular complexity index is 788. The van der Waals surface area contributed by atoms with Crippen molar-refractivity contribution in [3.63, 3.8) is 0 Å². The van der Waals surface area contributed by atoms with Crippen molar-refractivity contribution in [3.8, 4) is 0 Å². The van der Waals surface area contributed by atoms with Crippen molar-refractivity contribution >= 4 is 27.3 Å². The monoisotopic (exact) mass is 515 g/mol. The quantitative estimate of drug-likeness (QED) is 0.267. The summed E-state index contributed by atoms with van der Waals surface area (Å²) in [6.07, 6.45) is 1.59. The summed E-state index contributed by atoms with van der Waals surface area (Å²) in [5.41, 5.74) is 1.86. The predicted molar refractivity (Wildman–Crippen MR) is 73.2 cm³/mol. The predicted octanol–water partition coefficient (Wildman–Crippen LogP) is 3.28. The van der Waals surface area contributed by atoms with Crippen LogP contribution in [-0.2, 0) is 52.8 Å². The van der Waals surface area contributed by atoms with Crippen LogP contribution >= 0.6 is 0 Å². The van der Waals surface area contributed by atoms with Crippen molar-refractivity contribution in [3.05, 3.63) is 62.3 Å². The second kappa shape index (κ2) is 6.86. The van der Waals surface area contributed by atoms with Gasteiger partial charge in [0.1, 0.15) is 6.33 Å². The number of hydrogen-bond acceptors (Lipinski definition) is 2. The zero-order chi connectivity index (χ0) is 11.2. The molecule has 4 aromatic rings. The largest absolute Gasteiger partial charge is 0.358 e. The first kappa shape index (κ1) is 17.4. The number of fused-ring (bicyclic) bond motifs is 6. The molecule has 3 nitrogen and oxygen atoms in total. The van der Waals surface area contributed by atoms with E-state index in [0.29, 0.717) is 0 Å². The molecule has 0 fully saturated rings. The summed E-state index contributed by atoms with van der Waals surface area (Å²) in [6.45, 7) is 0. The summed E-state index contributed by atoms with van der Waals surface area (Å²) >= 11 is 0. The summed E-state index contributed by atoms with van der Waals surface area (Å²) < 4.78 is 1.84. The summed E-state index contributed by atoms with van der Waals surface area (Å²) in [7, 11) is 0. The van der Waals surface area contributed by atoms with Crippen molar-refractivity contribution in [1.82, 2.24) is 14.6 Å². The molecule has 0 atom stereocenters. The fraction of sp³-hybridized carbons (Fsp3) is 0. The van der Waals surface area contributed by atoms with Crippen molar-refractivity contribution in [2.24, 2.45) is 0 Å². The van der Waals surface area contributed by atoms with Crippen molar-refractivity contribution in [2.75, 3.05) is 0 Å². The molecule has 0 aliphatic heterocycles. The first-order valence-electron chi connectivity index (χ1n) is 5.46. The third-order valence-electron chi connectivity index (χ3n) is 3.05. The van der Waals surface area contributed by atoms with Crippen LogP contribution in [0.4, 0.5) is 0 Å². The van der Waals surface area contributed by atoms with Crippen LogP contribution in [0.15, 0.2) is 48.8 Å². The fourth-order valence-electron chi connectivity index (χ4n) is 2.32. The molecule has 5 heteroatoms. The molecule has 0 spiro atoms. The average Bonchev–Trinajstić information content (AvgIpc) is 2.89. The van der Waals surface area contributed by atoms with Crippen LogP contribution in [0.5, 0.6) is 0 Å². The maximum Gasteiger partial charge on any atom is 0.160 e. The molecule has 4 rings (SSSR count). The van der Waals surface area contributed by atoms with E-state index >= 15 is 0 Å². The zero-order valence-electron chi connectivity index (χ0n) is 10.9. The molecule has 0 aliphatic rings. The number of hydrogen-bond donors (Lipinski definition) is 0. The Hall–Kier alpha value is -0.667. The van der Waals surface area contributed by atoms with Gasteiger partial charge in [0.25, 0.3) is 0 Å². The van der Waals surface area contributed by atoms with Gasteiger partial charge in [0.2, 0.25) is 0 Å². The van der Waals surface area contributed by atoms with Crippen LogP contribution in [0.3, 0.4) is 0 Å². The minimum absolute atomic E-state index is 0. The van der Waals surface area contributed by atoms with E-state index in [4.69, 9.17) is 0 Å². The van der Waals surface area contributed by atoms with Crippen LogP contribution in [0.1, 0.15) is 0 Å². The van der Waals surface area contributed by atoms with Gasteiger partial charge in [-0.25, -0.2) is 9.50 Å². The van der Waals surface area contributed by atoms with E-state index in [1.54, 1.807) is 6.33 Å². The van der Waals surface area contributed by atoms with E-state index in [9.17, 15) is 0 Å². The molecule has 0 saturated carbocycles. The Kier molecular flexibility index (Phi) is 5.96. The van der Waals surface area contributed by atoms with Crippen molar-refractivity contribution in [1.29, 1.82) is 0 Å². The number of para-hydroxylation sites is 1.